The number of likely N-dealkylation sites (N-methyl/N-ethyl adjacent to an activating group) is 1. The fourth-order valence-corrected chi connectivity index (χ4v) is 6.47. The summed E-state index contributed by atoms with van der Waals surface area (Å²) in [5, 5.41) is 11.6. The number of benzene rings is 2. The molecule has 0 spiro atoms. The van der Waals surface area contributed by atoms with Gasteiger partial charge in [0.1, 0.15) is 6.54 Å². The van der Waals surface area contributed by atoms with Gasteiger partial charge in [0.25, 0.3) is 0 Å². The van der Waals surface area contributed by atoms with Gasteiger partial charge in [-0.15, -0.1) is 0 Å². The van der Waals surface area contributed by atoms with Gasteiger partial charge in [0.2, 0.25) is 11.6 Å². The van der Waals surface area contributed by atoms with Gasteiger partial charge in [0, 0.05) is 60.4 Å². The summed E-state index contributed by atoms with van der Waals surface area (Å²) in [6.45, 7) is 14.5. The Hall–Kier alpha value is -3.48. The molecule has 2 aromatic carbocycles. The van der Waals surface area contributed by atoms with Crippen LogP contribution in [0.4, 0.5) is 11.4 Å². The number of amides is 1. The summed E-state index contributed by atoms with van der Waals surface area (Å²) in [5.41, 5.74) is 7.83. The number of rotatable bonds is 15. The molecule has 0 atom stereocenters. The van der Waals surface area contributed by atoms with Crippen LogP contribution in [0.2, 0.25) is 0 Å². The molecule has 43 heavy (non-hydrogen) atoms. The van der Waals surface area contributed by atoms with Gasteiger partial charge in [0.15, 0.2) is 5.71 Å². The van der Waals surface area contributed by atoms with Crippen LogP contribution in [0, 0.1) is 0 Å². The highest BCUT2D eigenvalue weighted by atomic mass is 16.5. The maximum atomic E-state index is 12.1. The van der Waals surface area contributed by atoms with Gasteiger partial charge < -0.3 is 20.1 Å². The second kappa shape index (κ2) is 14.8. The van der Waals surface area contributed by atoms with Crippen LogP contribution >= 0.6 is 0 Å². The molecule has 0 bridgehead atoms. The largest absolute Gasteiger partial charge is 0.394 e. The van der Waals surface area contributed by atoms with E-state index in [1.165, 1.54) is 33.9 Å². The zero-order valence-corrected chi connectivity index (χ0v) is 26.7. The molecule has 2 heterocycles. The highest BCUT2D eigenvalue weighted by Crippen LogP contribution is 2.47. The number of ether oxygens (including phenoxy) is 1. The minimum atomic E-state index is -0.0918. The van der Waals surface area contributed by atoms with Crippen molar-refractivity contribution in [2.24, 2.45) is 0 Å². The summed E-state index contributed by atoms with van der Waals surface area (Å²) >= 11 is 0. The molecule has 0 saturated heterocycles. The van der Waals surface area contributed by atoms with Crippen molar-refractivity contribution in [1.29, 1.82) is 0 Å². The minimum Gasteiger partial charge on any atom is -0.394 e. The number of aliphatic hydroxyl groups excluding tert-OH is 1. The van der Waals surface area contributed by atoms with E-state index in [4.69, 9.17) is 9.84 Å². The minimum absolute atomic E-state index is 0.00246. The summed E-state index contributed by atoms with van der Waals surface area (Å²) in [6, 6.07) is 17.5. The summed E-state index contributed by atoms with van der Waals surface area (Å²) < 4.78 is 7.66. The van der Waals surface area contributed by atoms with Crippen molar-refractivity contribution in [2.75, 3.05) is 44.4 Å². The Balaban J connectivity index is 1.41. The molecule has 0 radical (unpaired) electrons. The van der Waals surface area contributed by atoms with E-state index < -0.39 is 0 Å². The lowest BCUT2D eigenvalue weighted by atomic mass is 9.81. The van der Waals surface area contributed by atoms with Crippen LogP contribution in [0.15, 0.2) is 84.6 Å². The zero-order valence-electron chi connectivity index (χ0n) is 26.7. The average molecular weight is 585 g/mol. The molecular formula is C37H50N3O3+. The highest BCUT2D eigenvalue weighted by Gasteiger charge is 2.43. The lowest BCUT2D eigenvalue weighted by molar-refractivity contribution is -0.438. The van der Waals surface area contributed by atoms with E-state index in [2.05, 4.69) is 128 Å². The fraction of sp³-hybridized carbons (Fsp3) is 0.459. The lowest BCUT2D eigenvalue weighted by Gasteiger charge is -2.25. The number of allylic oxidation sites excluding steroid dienone is 6. The topological polar surface area (TPSA) is 64.8 Å². The number of hydrogen-bond acceptors (Lipinski definition) is 4. The standard InChI is InChI=1S/C37H49N3O3/c1-6-39-31-19-14-12-17-29(31)36(2,3)33(39)21-9-7-10-22-34-37(4,5)30-18-13-15-20-32(30)40(34)25-16-8-11-23-35(42)38-24-27-43-28-26-41/h7,9-10,12-15,17-22,41H,6,8,11,16,23-28H2,1-5H3/p+1. The molecule has 2 aromatic rings. The second-order valence-electron chi connectivity index (χ2n) is 12.4. The van der Waals surface area contributed by atoms with E-state index >= 15 is 0 Å². The number of nitrogens with one attached hydrogen (secondary N) is 1. The van der Waals surface area contributed by atoms with E-state index in [0.29, 0.717) is 26.2 Å². The van der Waals surface area contributed by atoms with E-state index in [1.807, 2.05) is 0 Å². The Kier molecular flexibility index (Phi) is 11.2. The first-order valence-corrected chi connectivity index (χ1v) is 15.9. The predicted molar refractivity (Wildman–Crippen MR) is 177 cm³/mol. The molecule has 1 amide bonds. The third kappa shape index (κ3) is 7.36. The molecule has 0 unspecified atom stereocenters. The first-order valence-electron chi connectivity index (χ1n) is 15.9. The molecule has 0 aliphatic carbocycles. The summed E-state index contributed by atoms with van der Waals surface area (Å²) in [7, 11) is 0. The molecule has 6 nitrogen and oxygen atoms in total. The molecule has 4 rings (SSSR count). The SMILES string of the molecule is CCN1/C(=C/C=C/C=C/C2=[N+](CCCCCC(=O)NCCOCCO)c3ccccc3C2(C)C)C(C)(C)c2ccccc21. The van der Waals surface area contributed by atoms with Crippen molar-refractivity contribution in [2.45, 2.75) is 71.1 Å². The smallest absolute Gasteiger partial charge is 0.220 e. The molecule has 2 aliphatic rings. The van der Waals surface area contributed by atoms with Crippen LogP contribution in [0.1, 0.15) is 71.4 Å². The van der Waals surface area contributed by atoms with Gasteiger partial charge >= 0.3 is 0 Å². The molecule has 2 aliphatic heterocycles. The third-order valence-corrected chi connectivity index (χ3v) is 8.74. The van der Waals surface area contributed by atoms with Crippen molar-refractivity contribution in [1.82, 2.24) is 5.32 Å². The quantitative estimate of drug-likeness (QED) is 0.141. The fourth-order valence-electron chi connectivity index (χ4n) is 6.47. The normalized spacial score (nSPS) is 17.8. The second-order valence-corrected chi connectivity index (χ2v) is 12.4. The molecule has 0 saturated carbocycles. The number of aliphatic hydroxyl groups is 1. The number of nitrogens with zero attached hydrogens (tertiary/aromatic N) is 2. The first-order chi connectivity index (χ1) is 20.7. The van der Waals surface area contributed by atoms with Gasteiger partial charge in [-0.05, 0) is 51.3 Å². The monoisotopic (exact) mass is 584 g/mol. The Morgan fingerprint density at radius 3 is 2.44 bits per heavy atom. The van der Waals surface area contributed by atoms with Crippen molar-refractivity contribution in [3.8, 4) is 0 Å². The number of fused-ring (bicyclic) bond motifs is 2. The van der Waals surface area contributed by atoms with Gasteiger partial charge in [0.05, 0.1) is 25.2 Å². The summed E-state index contributed by atoms with van der Waals surface area (Å²) in [4.78, 5) is 14.6. The van der Waals surface area contributed by atoms with Crippen LogP contribution in [-0.4, -0.2) is 60.8 Å². The Morgan fingerprint density at radius 1 is 0.930 bits per heavy atom. The van der Waals surface area contributed by atoms with Gasteiger partial charge in [-0.25, -0.2) is 0 Å². The Bertz CT molecular complexity index is 1380. The average Bonchev–Trinajstić information content (AvgIpc) is 3.35. The van der Waals surface area contributed by atoms with Crippen LogP contribution in [0.25, 0.3) is 0 Å². The number of carbonyl (C=O) groups is 1. The van der Waals surface area contributed by atoms with Gasteiger partial charge in [-0.3, -0.25) is 4.79 Å². The van der Waals surface area contributed by atoms with Crippen LogP contribution in [-0.2, 0) is 20.4 Å². The predicted octanol–water partition coefficient (Wildman–Crippen LogP) is 6.56. The van der Waals surface area contributed by atoms with Gasteiger partial charge in [-0.1, -0.05) is 68.5 Å². The van der Waals surface area contributed by atoms with Crippen molar-refractivity contribution >= 4 is 23.0 Å². The molecule has 230 valence electrons. The number of anilines is 1. The highest BCUT2D eigenvalue weighted by molar-refractivity contribution is 6.03. The number of carbonyl (C=O) groups excluding carboxylic acids is 1. The van der Waals surface area contributed by atoms with Crippen LogP contribution in [0.3, 0.4) is 0 Å². The number of unbranched alkanes of at least 4 members (excludes halogenated alkanes) is 2. The number of hydrogen-bond donors (Lipinski definition) is 2. The maximum absolute atomic E-state index is 12.1. The van der Waals surface area contributed by atoms with Gasteiger partial charge in [-0.2, -0.15) is 4.58 Å². The van der Waals surface area contributed by atoms with E-state index in [9.17, 15) is 4.79 Å². The van der Waals surface area contributed by atoms with E-state index in [1.54, 1.807) is 0 Å². The molecule has 6 heteroatoms. The van der Waals surface area contributed by atoms with Crippen molar-refractivity contribution in [3.63, 3.8) is 0 Å². The van der Waals surface area contributed by atoms with Crippen molar-refractivity contribution in [3.05, 3.63) is 95.7 Å². The van der Waals surface area contributed by atoms with Crippen LogP contribution < -0.4 is 10.2 Å². The summed E-state index contributed by atoms with van der Waals surface area (Å²) in [5.74, 6) is 0.0594. The number of para-hydroxylation sites is 2. The molecular weight excluding hydrogens is 534 g/mol. The first kappa shape index (κ1) is 32.4. The van der Waals surface area contributed by atoms with E-state index in [0.717, 1.165) is 32.4 Å². The Morgan fingerprint density at radius 2 is 1.67 bits per heavy atom. The molecule has 0 aromatic heterocycles. The molecule has 2 N–H and O–H groups in total. The third-order valence-electron chi connectivity index (χ3n) is 8.74. The summed E-state index contributed by atoms with van der Waals surface area (Å²) in [6.07, 6.45) is 14.4. The van der Waals surface area contributed by atoms with E-state index in [-0.39, 0.29) is 23.3 Å². The van der Waals surface area contributed by atoms with Crippen LogP contribution in [0.5, 0.6) is 0 Å². The zero-order chi connectivity index (χ0) is 30.9. The molecule has 0 fully saturated rings. The maximum Gasteiger partial charge on any atom is 0.220 e. The van der Waals surface area contributed by atoms with Crippen molar-refractivity contribution < 1.29 is 19.2 Å². The lowest BCUT2D eigenvalue weighted by Crippen LogP contribution is -2.28. The Labute approximate surface area is 258 Å².